The number of nitrogens with two attached hydrogens (primary N) is 1. The van der Waals surface area contributed by atoms with Crippen molar-refractivity contribution in [2.75, 3.05) is 13.1 Å². The summed E-state index contributed by atoms with van der Waals surface area (Å²) in [5.74, 6) is -1.55. The third-order valence-electron chi connectivity index (χ3n) is 2.88. The highest BCUT2D eigenvalue weighted by Gasteiger charge is 2.21. The molecule has 1 atom stereocenters. The number of rotatable bonds is 11. The van der Waals surface area contributed by atoms with Crippen LogP contribution in [0.25, 0.3) is 0 Å². The van der Waals surface area contributed by atoms with Crippen molar-refractivity contribution in [1.29, 1.82) is 0 Å². The van der Waals surface area contributed by atoms with Crippen LogP contribution in [-0.4, -0.2) is 42.0 Å². The van der Waals surface area contributed by atoms with Gasteiger partial charge in [0.05, 0.1) is 0 Å². The van der Waals surface area contributed by atoms with Gasteiger partial charge in [0.15, 0.2) is 0 Å². The number of unbranched alkanes of at least 4 members (excludes halogenated alkanes) is 2. The summed E-state index contributed by atoms with van der Waals surface area (Å²) in [5.41, 5.74) is 5.38. The minimum absolute atomic E-state index is 0.192. The number of nitrogens with one attached hydrogen (secondary N) is 2. The first-order valence-corrected chi connectivity index (χ1v) is 7.35. The average molecular weight is 301 g/mol. The van der Waals surface area contributed by atoms with Crippen LogP contribution in [0.3, 0.4) is 0 Å². The summed E-state index contributed by atoms with van der Waals surface area (Å²) in [6, 6.07) is -0.689. The summed E-state index contributed by atoms with van der Waals surface area (Å²) in [4.78, 5) is 34.2. The smallest absolute Gasteiger partial charge is 0.322 e. The van der Waals surface area contributed by atoms with Gasteiger partial charge in [-0.1, -0.05) is 20.3 Å². The molecule has 0 rings (SSSR count). The molecule has 0 unspecified atom stereocenters. The zero-order valence-corrected chi connectivity index (χ0v) is 12.9. The number of carboxylic acids is 1. The molecule has 7 nitrogen and oxygen atoms in total. The van der Waals surface area contributed by atoms with E-state index in [9.17, 15) is 14.4 Å². The van der Waals surface area contributed by atoms with Crippen LogP contribution in [0.4, 0.5) is 0 Å². The molecule has 7 heteroatoms. The van der Waals surface area contributed by atoms with Crippen molar-refractivity contribution >= 4 is 17.8 Å². The first kappa shape index (κ1) is 19.4. The van der Waals surface area contributed by atoms with E-state index in [0.29, 0.717) is 19.4 Å². The highest BCUT2D eigenvalue weighted by Crippen LogP contribution is 2.06. The monoisotopic (exact) mass is 301 g/mol. The molecule has 0 saturated heterocycles. The fourth-order valence-electron chi connectivity index (χ4n) is 1.86. The molecular formula is C14H27N3O4. The van der Waals surface area contributed by atoms with Gasteiger partial charge in [-0.3, -0.25) is 14.4 Å². The lowest BCUT2D eigenvalue weighted by molar-refractivity contribution is -0.138. The lowest BCUT2D eigenvalue weighted by Crippen LogP contribution is -2.48. The van der Waals surface area contributed by atoms with Gasteiger partial charge in [-0.15, -0.1) is 0 Å². The Morgan fingerprint density at radius 3 is 2.33 bits per heavy atom. The van der Waals surface area contributed by atoms with Crippen molar-refractivity contribution in [2.45, 2.75) is 52.0 Å². The normalized spacial score (nSPS) is 12.0. The Morgan fingerprint density at radius 2 is 1.81 bits per heavy atom. The molecule has 0 aliphatic carbocycles. The fraction of sp³-hybridized carbons (Fsp3) is 0.786. The van der Waals surface area contributed by atoms with Crippen molar-refractivity contribution < 1.29 is 19.5 Å². The van der Waals surface area contributed by atoms with E-state index in [1.807, 2.05) is 13.8 Å². The lowest BCUT2D eigenvalue weighted by atomic mass is 10.0. The SMILES string of the molecule is CC(C)C[C@H](NC(=O)CCCCCN)C(=O)NCC(=O)O. The van der Waals surface area contributed by atoms with Gasteiger partial charge in [-0.2, -0.15) is 0 Å². The van der Waals surface area contributed by atoms with Crippen molar-refractivity contribution in [1.82, 2.24) is 10.6 Å². The zero-order valence-electron chi connectivity index (χ0n) is 12.9. The summed E-state index contributed by atoms with van der Waals surface area (Å²) < 4.78 is 0. The molecule has 0 fully saturated rings. The van der Waals surface area contributed by atoms with Gasteiger partial charge in [-0.25, -0.2) is 0 Å². The second-order valence-electron chi connectivity index (χ2n) is 5.46. The van der Waals surface area contributed by atoms with Crippen LogP contribution in [0, 0.1) is 5.92 Å². The summed E-state index contributed by atoms with van der Waals surface area (Å²) in [6.45, 7) is 4.03. The summed E-state index contributed by atoms with van der Waals surface area (Å²) in [5, 5.41) is 13.5. The molecule has 21 heavy (non-hydrogen) atoms. The Hall–Kier alpha value is -1.63. The molecule has 0 radical (unpaired) electrons. The summed E-state index contributed by atoms with van der Waals surface area (Å²) >= 11 is 0. The average Bonchev–Trinajstić information content (AvgIpc) is 2.39. The molecule has 0 spiro atoms. The predicted octanol–water partition coefficient (Wildman–Crippen LogP) is 0.237. The standard InChI is InChI=1S/C14H27N3O4/c1-10(2)8-11(14(21)16-9-13(19)20)17-12(18)6-4-3-5-7-15/h10-11H,3-9,15H2,1-2H3,(H,16,21)(H,17,18)(H,19,20)/t11-/m0/s1. The Morgan fingerprint density at radius 1 is 1.14 bits per heavy atom. The van der Waals surface area contributed by atoms with E-state index >= 15 is 0 Å². The van der Waals surface area contributed by atoms with Gasteiger partial charge in [0.2, 0.25) is 11.8 Å². The van der Waals surface area contributed by atoms with Crippen molar-refractivity contribution in [3.8, 4) is 0 Å². The van der Waals surface area contributed by atoms with E-state index in [1.54, 1.807) is 0 Å². The minimum atomic E-state index is -1.11. The van der Waals surface area contributed by atoms with Gasteiger partial charge < -0.3 is 21.5 Å². The largest absolute Gasteiger partial charge is 0.480 e. The molecule has 2 amide bonds. The number of carboxylic acid groups (broad SMARTS) is 1. The molecule has 0 aliphatic rings. The Labute approximate surface area is 125 Å². The first-order chi connectivity index (χ1) is 9.86. The predicted molar refractivity (Wildman–Crippen MR) is 79.6 cm³/mol. The van der Waals surface area contributed by atoms with E-state index < -0.39 is 24.5 Å². The maximum absolute atomic E-state index is 11.9. The molecule has 122 valence electrons. The number of hydrogen-bond donors (Lipinski definition) is 4. The quantitative estimate of drug-likeness (QED) is 0.407. The van der Waals surface area contributed by atoms with E-state index in [1.165, 1.54) is 0 Å². The number of carbonyl (C=O) groups is 3. The molecule has 0 aromatic carbocycles. The second kappa shape index (κ2) is 11.1. The van der Waals surface area contributed by atoms with E-state index in [2.05, 4.69) is 10.6 Å². The Balaban J connectivity index is 4.30. The van der Waals surface area contributed by atoms with Crippen molar-refractivity contribution in [2.24, 2.45) is 11.7 Å². The highest BCUT2D eigenvalue weighted by atomic mass is 16.4. The zero-order chi connectivity index (χ0) is 16.3. The molecular weight excluding hydrogens is 274 g/mol. The van der Waals surface area contributed by atoms with E-state index in [4.69, 9.17) is 10.8 Å². The number of hydrogen-bond acceptors (Lipinski definition) is 4. The van der Waals surface area contributed by atoms with Crippen LogP contribution in [0.1, 0.15) is 46.0 Å². The summed E-state index contributed by atoms with van der Waals surface area (Å²) in [6.07, 6.45) is 3.31. The fourth-order valence-corrected chi connectivity index (χ4v) is 1.86. The van der Waals surface area contributed by atoms with Gasteiger partial charge in [0.1, 0.15) is 12.6 Å². The molecule has 0 aromatic heterocycles. The van der Waals surface area contributed by atoms with Crippen LogP contribution in [0.15, 0.2) is 0 Å². The van der Waals surface area contributed by atoms with Crippen LogP contribution >= 0.6 is 0 Å². The third-order valence-corrected chi connectivity index (χ3v) is 2.88. The third kappa shape index (κ3) is 10.8. The molecule has 0 aromatic rings. The van der Waals surface area contributed by atoms with Crippen molar-refractivity contribution in [3.05, 3.63) is 0 Å². The van der Waals surface area contributed by atoms with E-state index in [-0.39, 0.29) is 11.8 Å². The van der Waals surface area contributed by atoms with Crippen LogP contribution in [0.2, 0.25) is 0 Å². The maximum Gasteiger partial charge on any atom is 0.322 e. The minimum Gasteiger partial charge on any atom is -0.480 e. The van der Waals surface area contributed by atoms with Gasteiger partial charge in [0, 0.05) is 6.42 Å². The van der Waals surface area contributed by atoms with Gasteiger partial charge in [-0.05, 0) is 31.7 Å². The number of carbonyl (C=O) groups excluding carboxylic acids is 2. The maximum atomic E-state index is 11.9. The molecule has 0 bridgehead atoms. The molecule has 0 saturated carbocycles. The lowest BCUT2D eigenvalue weighted by Gasteiger charge is -2.19. The Kier molecular flexibility index (Phi) is 10.2. The Bertz CT molecular complexity index is 345. The topological polar surface area (TPSA) is 122 Å². The second-order valence-corrected chi connectivity index (χ2v) is 5.46. The molecule has 5 N–H and O–H groups in total. The van der Waals surface area contributed by atoms with E-state index in [0.717, 1.165) is 19.3 Å². The first-order valence-electron chi connectivity index (χ1n) is 7.35. The van der Waals surface area contributed by atoms with Crippen LogP contribution < -0.4 is 16.4 Å². The van der Waals surface area contributed by atoms with Gasteiger partial charge >= 0.3 is 5.97 Å². The molecule has 0 heterocycles. The number of amides is 2. The molecule has 0 aliphatic heterocycles. The highest BCUT2D eigenvalue weighted by molar-refractivity contribution is 5.89. The van der Waals surface area contributed by atoms with Crippen molar-refractivity contribution in [3.63, 3.8) is 0 Å². The van der Waals surface area contributed by atoms with Crippen LogP contribution in [-0.2, 0) is 14.4 Å². The number of aliphatic carboxylic acids is 1. The summed E-state index contributed by atoms with van der Waals surface area (Å²) in [7, 11) is 0. The van der Waals surface area contributed by atoms with Gasteiger partial charge in [0.25, 0.3) is 0 Å². The van der Waals surface area contributed by atoms with Crippen LogP contribution in [0.5, 0.6) is 0 Å².